The number of nitrogens with two attached hydrogens (primary N) is 1. The van der Waals surface area contributed by atoms with Crippen LogP contribution in [0.4, 0.5) is 4.39 Å². The van der Waals surface area contributed by atoms with E-state index in [9.17, 15) is 17.6 Å². The largest absolute Gasteiger partial charge is 0.354 e. The molecule has 142 valence electrons. The van der Waals surface area contributed by atoms with Gasteiger partial charge in [0.25, 0.3) is 0 Å². The average Bonchev–Trinajstić information content (AvgIpc) is 2.56. The number of halogens is 2. The third kappa shape index (κ3) is 5.13. The number of hydrogen-bond donors (Lipinski definition) is 2. The first-order valence-corrected chi connectivity index (χ1v) is 9.55. The summed E-state index contributed by atoms with van der Waals surface area (Å²) in [5.41, 5.74) is 5.46. The maximum Gasteiger partial charge on any atom is 0.243 e. The predicted octanol–water partition coefficient (Wildman–Crippen LogP) is 1.56. The summed E-state index contributed by atoms with van der Waals surface area (Å²) in [7, 11) is -3.81. The van der Waals surface area contributed by atoms with Gasteiger partial charge in [-0.2, -0.15) is 4.31 Å². The zero-order valence-electron chi connectivity index (χ0n) is 14.2. The zero-order chi connectivity index (χ0) is 17.7. The number of carbonyl (C=O) groups excluding carboxylic acids is 1. The molecule has 1 fully saturated rings. The van der Waals surface area contributed by atoms with Gasteiger partial charge in [-0.15, -0.1) is 12.4 Å². The number of sulfonamides is 1. The molecule has 1 atom stereocenters. The van der Waals surface area contributed by atoms with Crippen LogP contribution in [0.5, 0.6) is 0 Å². The van der Waals surface area contributed by atoms with Crippen molar-refractivity contribution >= 4 is 28.3 Å². The highest BCUT2D eigenvalue weighted by atomic mass is 35.5. The molecule has 0 radical (unpaired) electrons. The van der Waals surface area contributed by atoms with Crippen molar-refractivity contribution < 1.29 is 17.6 Å². The van der Waals surface area contributed by atoms with Gasteiger partial charge in [-0.05, 0) is 31.9 Å². The number of benzene rings is 1. The van der Waals surface area contributed by atoms with E-state index in [1.165, 1.54) is 29.4 Å². The van der Waals surface area contributed by atoms with Crippen LogP contribution in [-0.2, 0) is 14.8 Å². The normalized spacial score (nSPS) is 18.4. The number of nitrogens with one attached hydrogen (secondary N) is 1. The van der Waals surface area contributed by atoms with Gasteiger partial charge in [0.15, 0.2) is 0 Å². The number of carbonyl (C=O) groups is 1. The number of hydrogen-bond acceptors (Lipinski definition) is 4. The van der Waals surface area contributed by atoms with Crippen molar-refractivity contribution in [3.63, 3.8) is 0 Å². The van der Waals surface area contributed by atoms with Gasteiger partial charge >= 0.3 is 0 Å². The highest BCUT2D eigenvalue weighted by Crippen LogP contribution is 2.27. The summed E-state index contributed by atoms with van der Waals surface area (Å²) < 4.78 is 41.1. The van der Waals surface area contributed by atoms with Gasteiger partial charge < -0.3 is 11.1 Å². The van der Waals surface area contributed by atoms with E-state index < -0.39 is 15.8 Å². The van der Waals surface area contributed by atoms with Gasteiger partial charge in [0, 0.05) is 37.7 Å². The molecule has 6 nitrogen and oxygen atoms in total. The van der Waals surface area contributed by atoms with Crippen molar-refractivity contribution in [2.24, 2.45) is 5.73 Å². The van der Waals surface area contributed by atoms with Gasteiger partial charge in [-0.1, -0.05) is 12.5 Å². The van der Waals surface area contributed by atoms with E-state index in [4.69, 9.17) is 5.73 Å². The molecule has 0 saturated carbocycles. The van der Waals surface area contributed by atoms with Crippen molar-refractivity contribution in [3.05, 3.63) is 29.6 Å². The molecule has 0 aromatic heterocycles. The Hall–Kier alpha value is -1.22. The van der Waals surface area contributed by atoms with Crippen LogP contribution >= 0.6 is 12.4 Å². The molecule has 0 aliphatic carbocycles. The maximum absolute atomic E-state index is 13.8. The molecule has 1 saturated heterocycles. The second-order valence-electron chi connectivity index (χ2n) is 5.97. The summed E-state index contributed by atoms with van der Waals surface area (Å²) in [5.74, 6) is -0.733. The van der Waals surface area contributed by atoms with Crippen molar-refractivity contribution in [1.82, 2.24) is 9.62 Å². The van der Waals surface area contributed by atoms with Crippen molar-refractivity contribution in [1.29, 1.82) is 0 Å². The van der Waals surface area contributed by atoms with Gasteiger partial charge in [-0.3, -0.25) is 4.79 Å². The number of nitrogens with zero attached hydrogens (tertiary/aromatic N) is 1. The van der Waals surface area contributed by atoms with Crippen LogP contribution in [0.2, 0.25) is 0 Å². The summed E-state index contributed by atoms with van der Waals surface area (Å²) in [6.07, 6.45) is 2.52. The SMILES string of the molecule is Cc1c(F)cccc1S(=O)(=O)N1CCCCC1CNC(=O)CCN.Cl. The van der Waals surface area contributed by atoms with E-state index in [0.29, 0.717) is 13.0 Å². The molecule has 1 heterocycles. The van der Waals surface area contributed by atoms with Gasteiger partial charge in [0.05, 0.1) is 4.90 Å². The van der Waals surface area contributed by atoms with Crippen LogP contribution in [0.3, 0.4) is 0 Å². The smallest absolute Gasteiger partial charge is 0.243 e. The van der Waals surface area contributed by atoms with Crippen LogP contribution < -0.4 is 11.1 Å². The second kappa shape index (κ2) is 9.47. The Bertz CT molecular complexity index is 700. The predicted molar refractivity (Wildman–Crippen MR) is 96.6 cm³/mol. The van der Waals surface area contributed by atoms with Crippen LogP contribution in [-0.4, -0.2) is 44.3 Å². The van der Waals surface area contributed by atoms with E-state index in [0.717, 1.165) is 12.8 Å². The van der Waals surface area contributed by atoms with Crippen molar-refractivity contribution in [2.45, 2.75) is 43.5 Å². The number of piperidine rings is 1. The number of amides is 1. The lowest BCUT2D eigenvalue weighted by Gasteiger charge is -2.35. The molecular weight excluding hydrogens is 369 g/mol. The topological polar surface area (TPSA) is 92.5 Å². The molecule has 2 rings (SSSR count). The Morgan fingerprint density at radius 1 is 1.40 bits per heavy atom. The average molecular weight is 394 g/mol. The molecule has 1 aromatic rings. The molecule has 9 heteroatoms. The van der Waals surface area contributed by atoms with Crippen molar-refractivity contribution in [2.75, 3.05) is 19.6 Å². The molecule has 3 N–H and O–H groups in total. The van der Waals surface area contributed by atoms with Crippen LogP contribution in [0.1, 0.15) is 31.2 Å². The zero-order valence-corrected chi connectivity index (χ0v) is 15.8. The van der Waals surface area contributed by atoms with E-state index >= 15 is 0 Å². The van der Waals surface area contributed by atoms with Crippen LogP contribution in [0.15, 0.2) is 23.1 Å². The van der Waals surface area contributed by atoms with Crippen LogP contribution in [0, 0.1) is 12.7 Å². The molecule has 25 heavy (non-hydrogen) atoms. The molecule has 1 aromatic carbocycles. The Morgan fingerprint density at radius 3 is 2.80 bits per heavy atom. The quantitative estimate of drug-likeness (QED) is 0.767. The van der Waals surface area contributed by atoms with Gasteiger partial charge in [0.2, 0.25) is 15.9 Å². The molecule has 1 amide bonds. The Balaban J connectivity index is 0.00000312. The Morgan fingerprint density at radius 2 is 2.12 bits per heavy atom. The molecule has 0 bridgehead atoms. The fraction of sp³-hybridized carbons (Fsp3) is 0.562. The molecule has 1 aliphatic heterocycles. The lowest BCUT2D eigenvalue weighted by molar-refractivity contribution is -0.121. The maximum atomic E-state index is 13.8. The first-order valence-electron chi connectivity index (χ1n) is 8.11. The molecule has 0 spiro atoms. The first kappa shape index (κ1) is 21.8. The lowest BCUT2D eigenvalue weighted by Crippen LogP contribution is -2.49. The Labute approximate surface area is 154 Å². The molecule has 1 aliphatic rings. The van der Waals surface area contributed by atoms with E-state index in [1.807, 2.05) is 0 Å². The van der Waals surface area contributed by atoms with Gasteiger partial charge in [-0.25, -0.2) is 12.8 Å². The summed E-state index contributed by atoms with van der Waals surface area (Å²) >= 11 is 0. The highest BCUT2D eigenvalue weighted by Gasteiger charge is 2.34. The summed E-state index contributed by atoms with van der Waals surface area (Å²) in [6, 6.07) is 3.74. The fourth-order valence-corrected chi connectivity index (χ4v) is 4.87. The standard InChI is InChI=1S/C16H24FN3O3S.ClH/c1-12-14(17)6-4-7-15(12)24(22,23)20-10-3-2-5-13(20)11-19-16(21)8-9-18;/h4,6-7,13H,2-3,5,8-11,18H2,1H3,(H,19,21);1H. The summed E-state index contributed by atoms with van der Waals surface area (Å²) in [6.45, 7) is 2.33. The second-order valence-corrected chi connectivity index (χ2v) is 7.83. The minimum absolute atomic E-state index is 0. The van der Waals surface area contributed by atoms with Crippen LogP contribution in [0.25, 0.3) is 0 Å². The third-order valence-electron chi connectivity index (χ3n) is 4.28. The first-order chi connectivity index (χ1) is 11.4. The Kier molecular flexibility index (Phi) is 8.27. The van der Waals surface area contributed by atoms with E-state index in [2.05, 4.69) is 5.32 Å². The molecule has 1 unspecified atom stereocenters. The van der Waals surface area contributed by atoms with E-state index in [-0.39, 0.29) is 54.3 Å². The monoisotopic (exact) mass is 393 g/mol. The fourth-order valence-electron chi connectivity index (χ4n) is 2.94. The highest BCUT2D eigenvalue weighted by molar-refractivity contribution is 7.89. The van der Waals surface area contributed by atoms with Gasteiger partial charge in [0.1, 0.15) is 5.82 Å². The third-order valence-corrected chi connectivity index (χ3v) is 6.38. The number of rotatable bonds is 6. The molecular formula is C16H25ClFN3O3S. The minimum Gasteiger partial charge on any atom is -0.354 e. The lowest BCUT2D eigenvalue weighted by atomic mass is 10.1. The van der Waals surface area contributed by atoms with Crippen molar-refractivity contribution in [3.8, 4) is 0 Å². The summed E-state index contributed by atoms with van der Waals surface area (Å²) in [5, 5.41) is 2.73. The minimum atomic E-state index is -3.81. The summed E-state index contributed by atoms with van der Waals surface area (Å²) in [4.78, 5) is 11.6. The van der Waals surface area contributed by atoms with E-state index in [1.54, 1.807) is 0 Å².